The van der Waals surface area contributed by atoms with Gasteiger partial charge in [-0.1, -0.05) is 54.1 Å². The van der Waals surface area contributed by atoms with Gasteiger partial charge in [0.25, 0.3) is 5.91 Å². The van der Waals surface area contributed by atoms with E-state index in [0.717, 1.165) is 34.9 Å². The molecule has 10 heteroatoms. The number of hydrogen-bond donors (Lipinski definition) is 0. The third kappa shape index (κ3) is 7.96. The molecule has 0 spiro atoms. The van der Waals surface area contributed by atoms with Crippen molar-refractivity contribution < 1.29 is 23.8 Å². The highest BCUT2D eigenvalue weighted by molar-refractivity contribution is 9.10. The predicted molar refractivity (Wildman–Crippen MR) is 151 cm³/mol. The fraction of sp³-hybridized carbons (Fsp3) is 0.346. The molecule has 2 aromatic carbocycles. The van der Waals surface area contributed by atoms with E-state index in [1.807, 2.05) is 49.4 Å². The Morgan fingerprint density at radius 1 is 1.17 bits per heavy atom. The third-order valence-electron chi connectivity index (χ3n) is 5.29. The summed E-state index contributed by atoms with van der Waals surface area (Å²) in [4.78, 5) is 26.4. The molecular weight excluding hydrogens is 586 g/mol. The largest absolute Gasteiger partial charge is 0.490 e. The van der Waals surface area contributed by atoms with Gasteiger partial charge in [0.2, 0.25) is 0 Å². The van der Waals surface area contributed by atoms with Crippen molar-refractivity contribution in [2.75, 3.05) is 20.3 Å². The van der Waals surface area contributed by atoms with Gasteiger partial charge in [-0.2, -0.15) is 0 Å². The van der Waals surface area contributed by atoms with E-state index in [2.05, 4.69) is 20.7 Å². The minimum absolute atomic E-state index is 0.116. The fourth-order valence-corrected chi connectivity index (χ4v) is 5.48. The van der Waals surface area contributed by atoms with Crippen LogP contribution in [0.2, 0.25) is 5.02 Å². The molecule has 0 bridgehead atoms. The number of esters is 1. The SMILES string of the molecule is CCOc1cc(/C=C2\SC(=S)N(CCCCCC(=O)OC)C2=O)cc(Br)c1OCc1ccc(Cl)cc1. The number of hydrogen-bond acceptors (Lipinski definition) is 7. The minimum Gasteiger partial charge on any atom is -0.490 e. The van der Waals surface area contributed by atoms with Gasteiger partial charge >= 0.3 is 5.97 Å². The summed E-state index contributed by atoms with van der Waals surface area (Å²) in [6, 6.07) is 11.2. The Kier molecular flexibility index (Phi) is 11.1. The van der Waals surface area contributed by atoms with Crippen LogP contribution in [0, 0.1) is 0 Å². The Hall–Kier alpha value is -2.07. The van der Waals surface area contributed by atoms with E-state index in [-0.39, 0.29) is 11.9 Å². The van der Waals surface area contributed by atoms with Crippen molar-refractivity contribution in [1.29, 1.82) is 0 Å². The Labute approximate surface area is 234 Å². The van der Waals surface area contributed by atoms with Gasteiger partial charge in [0.15, 0.2) is 11.5 Å². The summed E-state index contributed by atoms with van der Waals surface area (Å²) >= 11 is 16.3. The highest BCUT2D eigenvalue weighted by atomic mass is 79.9. The first-order chi connectivity index (χ1) is 17.3. The molecule has 0 N–H and O–H groups in total. The molecule has 36 heavy (non-hydrogen) atoms. The second-order valence-electron chi connectivity index (χ2n) is 7.90. The summed E-state index contributed by atoms with van der Waals surface area (Å²) in [6.45, 7) is 3.24. The average Bonchev–Trinajstić information content (AvgIpc) is 3.11. The molecule has 0 saturated carbocycles. The highest BCUT2D eigenvalue weighted by Crippen LogP contribution is 2.40. The van der Waals surface area contributed by atoms with Gasteiger partial charge in [-0.15, -0.1) is 0 Å². The average molecular weight is 613 g/mol. The zero-order valence-corrected chi connectivity index (χ0v) is 24.0. The van der Waals surface area contributed by atoms with Gasteiger partial charge < -0.3 is 14.2 Å². The summed E-state index contributed by atoms with van der Waals surface area (Å²) in [5.41, 5.74) is 1.77. The number of thiocarbonyl (C=S) groups is 1. The summed E-state index contributed by atoms with van der Waals surface area (Å²) in [7, 11) is 1.38. The van der Waals surface area contributed by atoms with Crippen molar-refractivity contribution in [2.45, 2.75) is 39.2 Å². The van der Waals surface area contributed by atoms with Crippen molar-refractivity contribution in [3.63, 3.8) is 0 Å². The Morgan fingerprint density at radius 2 is 1.92 bits per heavy atom. The van der Waals surface area contributed by atoms with Gasteiger partial charge in [-0.3, -0.25) is 14.5 Å². The van der Waals surface area contributed by atoms with Crippen LogP contribution in [0.3, 0.4) is 0 Å². The van der Waals surface area contributed by atoms with Crippen LogP contribution in [0.15, 0.2) is 45.8 Å². The first-order valence-corrected chi connectivity index (χ1v) is 13.9. The molecule has 1 saturated heterocycles. The monoisotopic (exact) mass is 611 g/mol. The number of ether oxygens (including phenoxy) is 3. The lowest BCUT2D eigenvalue weighted by Gasteiger charge is -2.15. The predicted octanol–water partition coefficient (Wildman–Crippen LogP) is 7.01. The molecular formula is C26H27BrClNO5S2. The lowest BCUT2D eigenvalue weighted by molar-refractivity contribution is -0.140. The molecule has 0 aromatic heterocycles. The molecule has 1 aliphatic heterocycles. The van der Waals surface area contributed by atoms with E-state index in [1.165, 1.54) is 18.9 Å². The van der Waals surface area contributed by atoms with Crippen LogP contribution in [0.5, 0.6) is 11.5 Å². The molecule has 2 aromatic rings. The Bertz CT molecular complexity index is 1140. The fourth-order valence-electron chi connectivity index (χ4n) is 3.47. The number of amides is 1. The zero-order chi connectivity index (χ0) is 26.1. The summed E-state index contributed by atoms with van der Waals surface area (Å²) in [5.74, 6) is 0.828. The first-order valence-electron chi connectivity index (χ1n) is 11.5. The Morgan fingerprint density at radius 3 is 2.61 bits per heavy atom. The van der Waals surface area contributed by atoms with Gasteiger partial charge in [0.1, 0.15) is 10.9 Å². The van der Waals surface area contributed by atoms with Gasteiger partial charge in [0, 0.05) is 18.0 Å². The summed E-state index contributed by atoms with van der Waals surface area (Å²) in [6.07, 6.45) is 4.49. The smallest absolute Gasteiger partial charge is 0.305 e. The number of halogens is 2. The number of thioether (sulfide) groups is 1. The van der Waals surface area contributed by atoms with Crippen molar-refractivity contribution >= 4 is 73.8 Å². The van der Waals surface area contributed by atoms with Crippen LogP contribution < -0.4 is 9.47 Å². The molecule has 192 valence electrons. The van der Waals surface area contributed by atoms with Crippen LogP contribution in [0.25, 0.3) is 6.08 Å². The maximum absolute atomic E-state index is 13.0. The summed E-state index contributed by atoms with van der Waals surface area (Å²) in [5, 5.41) is 0.670. The third-order valence-corrected chi connectivity index (χ3v) is 7.51. The van der Waals surface area contributed by atoms with Gasteiger partial charge in [-0.25, -0.2) is 0 Å². The molecule has 1 amide bonds. The molecule has 0 radical (unpaired) electrons. The van der Waals surface area contributed by atoms with Crippen LogP contribution in [0.4, 0.5) is 0 Å². The number of methoxy groups -OCH3 is 1. The molecule has 0 atom stereocenters. The van der Waals surface area contributed by atoms with Crippen LogP contribution in [-0.2, 0) is 20.9 Å². The van der Waals surface area contributed by atoms with Crippen LogP contribution in [-0.4, -0.2) is 41.4 Å². The maximum atomic E-state index is 13.0. The molecule has 1 aliphatic rings. The van der Waals surface area contributed by atoms with Crippen molar-refractivity contribution in [3.05, 3.63) is 61.9 Å². The topological polar surface area (TPSA) is 65.1 Å². The summed E-state index contributed by atoms with van der Waals surface area (Å²) < 4.78 is 17.8. The number of unbranched alkanes of at least 4 members (excludes halogenated alkanes) is 2. The number of benzene rings is 2. The maximum Gasteiger partial charge on any atom is 0.305 e. The first kappa shape index (κ1) is 28.5. The van der Waals surface area contributed by atoms with E-state index in [9.17, 15) is 9.59 Å². The minimum atomic E-state index is -0.220. The quantitative estimate of drug-likeness (QED) is 0.111. The molecule has 1 fully saturated rings. The van der Waals surface area contributed by atoms with E-state index < -0.39 is 0 Å². The zero-order valence-electron chi connectivity index (χ0n) is 20.1. The number of carbonyl (C=O) groups is 2. The van der Waals surface area contributed by atoms with Crippen LogP contribution in [0.1, 0.15) is 43.7 Å². The number of carbonyl (C=O) groups excluding carboxylic acids is 2. The van der Waals surface area contributed by atoms with Gasteiger partial charge in [-0.05, 0) is 77.2 Å². The second kappa shape index (κ2) is 14.0. The van der Waals surface area contributed by atoms with Crippen molar-refractivity contribution in [3.8, 4) is 11.5 Å². The number of nitrogens with zero attached hydrogens (tertiary/aromatic N) is 1. The second-order valence-corrected chi connectivity index (χ2v) is 10.9. The van der Waals surface area contributed by atoms with E-state index in [4.69, 9.17) is 33.3 Å². The Balaban J connectivity index is 1.68. The van der Waals surface area contributed by atoms with Gasteiger partial charge in [0.05, 0.1) is 23.1 Å². The van der Waals surface area contributed by atoms with E-state index in [1.54, 1.807) is 4.90 Å². The molecule has 6 nitrogen and oxygen atoms in total. The van der Waals surface area contributed by atoms with Crippen molar-refractivity contribution in [1.82, 2.24) is 4.90 Å². The molecule has 0 aliphatic carbocycles. The van der Waals surface area contributed by atoms with Crippen molar-refractivity contribution in [2.24, 2.45) is 0 Å². The molecule has 1 heterocycles. The van der Waals surface area contributed by atoms with E-state index >= 15 is 0 Å². The van der Waals surface area contributed by atoms with E-state index in [0.29, 0.717) is 51.9 Å². The molecule has 3 rings (SSSR count). The highest BCUT2D eigenvalue weighted by Gasteiger charge is 2.31. The lowest BCUT2D eigenvalue weighted by atomic mass is 10.1. The number of rotatable bonds is 12. The molecule has 0 unspecified atom stereocenters. The lowest BCUT2D eigenvalue weighted by Crippen LogP contribution is -2.29. The standard InChI is InChI=1S/C26H27BrClNO5S2/c1-3-33-21-14-18(13-20(27)24(21)34-16-17-8-10-19(28)11-9-17)15-22-25(31)29(26(35)36-22)12-6-4-5-7-23(30)32-2/h8-11,13-15H,3-7,12,16H2,1-2H3/b22-15-. The van der Waals surface area contributed by atoms with Crippen LogP contribution >= 0.6 is 51.5 Å². The normalized spacial score (nSPS) is 14.4.